The van der Waals surface area contributed by atoms with Crippen LogP contribution >= 0.6 is 0 Å². The highest BCUT2D eigenvalue weighted by molar-refractivity contribution is 6.30. The van der Waals surface area contributed by atoms with Crippen LogP contribution in [0.1, 0.15) is 52.7 Å². The second-order valence-electron chi connectivity index (χ2n) is 21.6. The molecular formula is C72H58. The fourth-order valence-corrected chi connectivity index (χ4v) is 11.3. The van der Waals surface area contributed by atoms with Crippen molar-refractivity contribution >= 4 is 43.1 Å². The van der Waals surface area contributed by atoms with Crippen LogP contribution in [0.25, 0.3) is 121 Å². The molecule has 0 fully saturated rings. The summed E-state index contributed by atoms with van der Waals surface area (Å²) < 4.78 is 0. The van der Waals surface area contributed by atoms with Crippen molar-refractivity contribution in [3.05, 3.63) is 254 Å². The van der Waals surface area contributed by atoms with Gasteiger partial charge in [-0.05, 0) is 143 Å². The summed E-state index contributed by atoms with van der Waals surface area (Å²) in [5, 5.41) is 9.93. The van der Waals surface area contributed by atoms with Crippen molar-refractivity contribution in [1.29, 1.82) is 0 Å². The van der Waals surface area contributed by atoms with Crippen LogP contribution in [0, 0.1) is 0 Å². The van der Waals surface area contributed by atoms with E-state index in [1.165, 1.54) is 132 Å². The molecule has 0 radical (unpaired) electrons. The Morgan fingerprint density at radius 2 is 0.375 bits per heavy atom. The van der Waals surface area contributed by atoms with Gasteiger partial charge in [-0.25, -0.2) is 0 Å². The van der Waals surface area contributed by atoms with E-state index in [4.69, 9.17) is 0 Å². The molecule has 12 aromatic rings. The van der Waals surface area contributed by atoms with Gasteiger partial charge in [-0.15, -0.1) is 0 Å². The molecule has 12 rings (SSSR count). The molecule has 0 N–H and O–H groups in total. The summed E-state index contributed by atoms with van der Waals surface area (Å²) >= 11 is 0. The Labute approximate surface area is 424 Å². The Bertz CT molecular complexity index is 3610. The van der Waals surface area contributed by atoms with Crippen LogP contribution in [0.3, 0.4) is 0 Å². The fourth-order valence-electron chi connectivity index (χ4n) is 11.3. The molecule has 0 aromatic heterocycles. The third kappa shape index (κ3) is 7.89. The van der Waals surface area contributed by atoms with Crippen molar-refractivity contribution in [3.63, 3.8) is 0 Å². The molecule has 0 heteroatoms. The van der Waals surface area contributed by atoms with E-state index < -0.39 is 0 Å². The van der Waals surface area contributed by atoms with Crippen LogP contribution in [0.15, 0.2) is 243 Å². The Morgan fingerprint density at radius 1 is 0.181 bits per heavy atom. The molecule has 0 heterocycles. The summed E-state index contributed by atoms with van der Waals surface area (Å²) in [6, 6.07) is 90.8. The lowest BCUT2D eigenvalue weighted by atomic mass is 9.79. The Hall–Kier alpha value is -8.32. The summed E-state index contributed by atoms with van der Waals surface area (Å²) in [6.45, 7) is 13.6. The molecule has 0 unspecified atom stereocenters. The first-order valence-electron chi connectivity index (χ1n) is 25.5. The topological polar surface area (TPSA) is 0 Å². The second-order valence-corrected chi connectivity index (χ2v) is 21.6. The van der Waals surface area contributed by atoms with Gasteiger partial charge in [-0.2, -0.15) is 0 Å². The molecular weight excluding hydrogens is 865 g/mol. The van der Waals surface area contributed by atoms with Crippen LogP contribution in [0.4, 0.5) is 0 Å². The minimum Gasteiger partial charge on any atom is -0.0616 e. The van der Waals surface area contributed by atoms with Gasteiger partial charge < -0.3 is 0 Å². The highest BCUT2D eigenvalue weighted by atomic mass is 14.3. The van der Waals surface area contributed by atoms with Crippen molar-refractivity contribution in [1.82, 2.24) is 0 Å². The lowest BCUT2D eigenvalue weighted by Crippen LogP contribution is -2.10. The van der Waals surface area contributed by atoms with Crippen LogP contribution in [0.5, 0.6) is 0 Å². The average molecular weight is 923 g/mol. The van der Waals surface area contributed by atoms with E-state index in [0.717, 1.165) is 0 Å². The average Bonchev–Trinajstić information content (AvgIpc) is 3.41. The van der Waals surface area contributed by atoms with E-state index in [9.17, 15) is 0 Å². The van der Waals surface area contributed by atoms with E-state index in [0.29, 0.717) is 0 Å². The zero-order chi connectivity index (χ0) is 49.1. The van der Waals surface area contributed by atoms with Crippen LogP contribution in [0.2, 0.25) is 0 Å². The van der Waals surface area contributed by atoms with Gasteiger partial charge in [0.15, 0.2) is 0 Å². The van der Waals surface area contributed by atoms with Gasteiger partial charge in [-0.3, -0.25) is 0 Å². The summed E-state index contributed by atoms with van der Waals surface area (Å²) in [4.78, 5) is 0. The summed E-state index contributed by atoms with van der Waals surface area (Å²) in [5.41, 5.74) is 20.2. The molecule has 0 aliphatic carbocycles. The zero-order valence-corrected chi connectivity index (χ0v) is 42.1. The maximum atomic E-state index is 2.35. The summed E-state index contributed by atoms with van der Waals surface area (Å²) in [6.07, 6.45) is 0. The van der Waals surface area contributed by atoms with Gasteiger partial charge >= 0.3 is 0 Å². The standard InChI is InChI=1S/C72H58/c1-71(2,3)53-43-39-49(40-44-53)47-31-35-51(36-32-47)55-19-7-9-21-57(55)67-59-23-11-15-27-63(59)69(64-28-16-12-24-60(64)67)70-65-29-17-13-25-61(65)68(62-26-14-18-30-66(62)70)58-22-10-8-20-56(58)52-37-33-48(34-38-52)50-41-45-54(46-42-50)72(4,5)6/h7-46H,1-6H3. The van der Waals surface area contributed by atoms with E-state index in [2.05, 4.69) is 284 Å². The Morgan fingerprint density at radius 3 is 0.625 bits per heavy atom. The van der Waals surface area contributed by atoms with Crippen molar-refractivity contribution in [2.45, 2.75) is 52.4 Å². The second kappa shape index (κ2) is 17.8. The number of hydrogen-bond acceptors (Lipinski definition) is 0. The normalized spacial score (nSPS) is 12.0. The molecule has 72 heavy (non-hydrogen) atoms. The molecule has 0 bridgehead atoms. The van der Waals surface area contributed by atoms with Gasteiger partial charge in [0.05, 0.1) is 0 Å². The van der Waals surface area contributed by atoms with Gasteiger partial charge in [0, 0.05) is 0 Å². The zero-order valence-electron chi connectivity index (χ0n) is 42.1. The first-order chi connectivity index (χ1) is 35.0. The molecule has 12 aromatic carbocycles. The number of fused-ring (bicyclic) bond motifs is 4. The predicted molar refractivity (Wildman–Crippen MR) is 312 cm³/mol. The predicted octanol–water partition coefficient (Wildman–Crippen LogP) is 20.6. The number of rotatable bonds is 7. The van der Waals surface area contributed by atoms with Crippen LogP contribution in [-0.2, 0) is 10.8 Å². The van der Waals surface area contributed by atoms with Crippen molar-refractivity contribution in [2.24, 2.45) is 0 Å². The van der Waals surface area contributed by atoms with Crippen molar-refractivity contribution in [2.75, 3.05) is 0 Å². The summed E-state index contributed by atoms with van der Waals surface area (Å²) in [5.74, 6) is 0. The maximum Gasteiger partial charge on any atom is -0.00139 e. The quantitative estimate of drug-likeness (QED) is 0.140. The molecule has 346 valence electrons. The molecule has 0 saturated carbocycles. The molecule has 0 atom stereocenters. The van der Waals surface area contributed by atoms with Gasteiger partial charge in [0.1, 0.15) is 0 Å². The van der Waals surface area contributed by atoms with E-state index >= 15 is 0 Å². The smallest absolute Gasteiger partial charge is 0.00139 e. The first-order valence-corrected chi connectivity index (χ1v) is 25.5. The third-order valence-corrected chi connectivity index (χ3v) is 15.1. The minimum atomic E-state index is 0.119. The van der Waals surface area contributed by atoms with Crippen molar-refractivity contribution < 1.29 is 0 Å². The molecule has 0 nitrogen and oxygen atoms in total. The number of hydrogen-bond donors (Lipinski definition) is 0. The number of benzene rings is 12. The Kier molecular flexibility index (Phi) is 11.1. The summed E-state index contributed by atoms with van der Waals surface area (Å²) in [7, 11) is 0. The Balaban J connectivity index is 1.02. The molecule has 0 aliphatic heterocycles. The highest BCUT2D eigenvalue weighted by Gasteiger charge is 2.24. The van der Waals surface area contributed by atoms with Gasteiger partial charge in [0.2, 0.25) is 0 Å². The third-order valence-electron chi connectivity index (χ3n) is 15.1. The molecule has 0 spiro atoms. The van der Waals surface area contributed by atoms with E-state index in [1.54, 1.807) is 0 Å². The minimum absolute atomic E-state index is 0.119. The lowest BCUT2D eigenvalue weighted by molar-refractivity contribution is 0.590. The molecule has 0 saturated heterocycles. The van der Waals surface area contributed by atoms with Gasteiger partial charge in [0.25, 0.3) is 0 Å². The monoisotopic (exact) mass is 922 g/mol. The highest BCUT2D eigenvalue weighted by Crippen LogP contribution is 2.52. The molecule has 0 aliphatic rings. The van der Waals surface area contributed by atoms with Gasteiger partial charge in [-0.1, -0.05) is 284 Å². The fraction of sp³-hybridized carbons (Fsp3) is 0.111. The largest absolute Gasteiger partial charge is 0.0616 e. The lowest BCUT2D eigenvalue weighted by Gasteiger charge is -2.23. The maximum absolute atomic E-state index is 2.35. The van der Waals surface area contributed by atoms with E-state index in [1.807, 2.05) is 0 Å². The SMILES string of the molecule is CC(C)(C)c1ccc(-c2ccc(-c3ccccc3-c3c4ccccc4c(-c4c5ccccc5c(-c5ccccc5-c5ccc(-c6ccc(C(C)(C)C)cc6)cc5)c5ccccc45)c4ccccc34)cc2)cc1. The van der Waals surface area contributed by atoms with Crippen LogP contribution in [-0.4, -0.2) is 0 Å². The first kappa shape index (κ1) is 44.9. The van der Waals surface area contributed by atoms with E-state index in [-0.39, 0.29) is 10.8 Å². The van der Waals surface area contributed by atoms with Crippen molar-refractivity contribution in [3.8, 4) is 77.9 Å². The van der Waals surface area contributed by atoms with Crippen LogP contribution < -0.4 is 0 Å². The molecule has 0 amide bonds.